The second-order valence-corrected chi connectivity index (χ2v) is 8.75. The van der Waals surface area contributed by atoms with Crippen LogP contribution < -0.4 is 4.74 Å². The molecule has 0 radical (unpaired) electrons. The van der Waals surface area contributed by atoms with Crippen molar-refractivity contribution in [1.29, 1.82) is 0 Å². The summed E-state index contributed by atoms with van der Waals surface area (Å²) < 4.78 is 7.87. The molecule has 3 rings (SSSR count). The highest BCUT2D eigenvalue weighted by Gasteiger charge is 2.29. The van der Waals surface area contributed by atoms with Crippen molar-refractivity contribution in [3.63, 3.8) is 0 Å². The molecule has 2 heterocycles. The van der Waals surface area contributed by atoms with Crippen LogP contribution in [0.5, 0.6) is 5.75 Å². The number of carbonyl (C=O) groups excluding carboxylic acids is 1. The Morgan fingerprint density at radius 3 is 2.57 bits per heavy atom. The highest BCUT2D eigenvalue weighted by Crippen LogP contribution is 2.25. The average Bonchev–Trinajstić information content (AvgIpc) is 3.13. The van der Waals surface area contributed by atoms with E-state index >= 15 is 0 Å². The van der Waals surface area contributed by atoms with Gasteiger partial charge in [0.05, 0.1) is 5.75 Å². The van der Waals surface area contributed by atoms with Gasteiger partial charge in [-0.3, -0.25) is 9.36 Å². The van der Waals surface area contributed by atoms with E-state index in [4.69, 9.17) is 4.74 Å². The fourth-order valence-corrected chi connectivity index (χ4v) is 4.76. The molecule has 1 aliphatic heterocycles. The summed E-state index contributed by atoms with van der Waals surface area (Å²) in [7, 11) is 0. The van der Waals surface area contributed by atoms with E-state index < -0.39 is 0 Å². The van der Waals surface area contributed by atoms with E-state index in [0.717, 1.165) is 36.0 Å². The van der Waals surface area contributed by atoms with Gasteiger partial charge in [-0.15, -0.1) is 16.8 Å². The molecule has 162 valence electrons. The predicted molar refractivity (Wildman–Crippen MR) is 121 cm³/mol. The Kier molecular flexibility index (Phi) is 7.96. The number of ether oxygens (including phenoxy) is 1. The van der Waals surface area contributed by atoms with Gasteiger partial charge in [0.15, 0.2) is 11.0 Å². The van der Waals surface area contributed by atoms with Crippen LogP contribution in [0.3, 0.4) is 0 Å². The summed E-state index contributed by atoms with van der Waals surface area (Å²) >= 11 is 1.44. The largest absolute Gasteiger partial charge is 0.486 e. The molecule has 2 atom stereocenters. The summed E-state index contributed by atoms with van der Waals surface area (Å²) in [5.41, 5.74) is 1.28. The number of benzene rings is 1. The molecule has 0 bridgehead atoms. The molecule has 1 aliphatic rings. The maximum atomic E-state index is 12.8. The number of likely N-dealkylation sites (tertiary alicyclic amines) is 1. The third-order valence-electron chi connectivity index (χ3n) is 5.61. The van der Waals surface area contributed by atoms with Gasteiger partial charge in [0.1, 0.15) is 12.4 Å². The highest BCUT2D eigenvalue weighted by molar-refractivity contribution is 7.99. The van der Waals surface area contributed by atoms with Crippen LogP contribution in [-0.2, 0) is 24.4 Å². The summed E-state index contributed by atoms with van der Waals surface area (Å²) in [6, 6.07) is 8.69. The monoisotopic (exact) mass is 428 g/mol. The number of piperidine rings is 1. The Hall–Kier alpha value is -2.28. The third-order valence-corrected chi connectivity index (χ3v) is 6.56. The van der Waals surface area contributed by atoms with Crippen LogP contribution in [0.2, 0.25) is 0 Å². The fourth-order valence-electron chi connectivity index (χ4n) is 3.93. The number of hydrogen-bond donors (Lipinski definition) is 0. The average molecular weight is 429 g/mol. The Bertz CT molecular complexity index is 839. The van der Waals surface area contributed by atoms with Crippen molar-refractivity contribution < 1.29 is 9.53 Å². The van der Waals surface area contributed by atoms with Crippen molar-refractivity contribution in [1.82, 2.24) is 19.7 Å². The minimum atomic E-state index is 0.168. The quantitative estimate of drug-likeness (QED) is 0.435. The number of thioether (sulfide) groups is 1. The molecule has 1 saturated heterocycles. The van der Waals surface area contributed by atoms with Gasteiger partial charge >= 0.3 is 0 Å². The number of hydrogen-bond acceptors (Lipinski definition) is 5. The molecule has 0 aliphatic carbocycles. The van der Waals surface area contributed by atoms with Crippen molar-refractivity contribution >= 4 is 17.7 Å². The molecule has 2 aromatic rings. The molecule has 0 spiro atoms. The van der Waals surface area contributed by atoms with E-state index in [1.165, 1.54) is 23.7 Å². The number of aromatic nitrogens is 3. The predicted octanol–water partition coefficient (Wildman–Crippen LogP) is 4.49. The Morgan fingerprint density at radius 1 is 1.23 bits per heavy atom. The summed E-state index contributed by atoms with van der Waals surface area (Å²) in [4.78, 5) is 14.9. The smallest absolute Gasteiger partial charge is 0.233 e. The lowest BCUT2D eigenvalue weighted by Gasteiger charge is -2.39. The Morgan fingerprint density at radius 2 is 1.93 bits per heavy atom. The summed E-state index contributed by atoms with van der Waals surface area (Å²) in [6.07, 6.45) is 6.16. The maximum absolute atomic E-state index is 12.8. The van der Waals surface area contributed by atoms with Crippen molar-refractivity contribution in [2.45, 2.75) is 76.8 Å². The van der Waals surface area contributed by atoms with Crippen molar-refractivity contribution in [3.05, 3.63) is 48.3 Å². The summed E-state index contributed by atoms with van der Waals surface area (Å²) in [6.45, 7) is 11.1. The standard InChI is InChI=1S/C23H32N4O2S/c1-5-14-26-21(15-29-20-12-10-19(6-2)11-13-20)24-25-23(26)30-16-22(28)27-17(3)8-7-9-18(27)4/h5,10-13,17-18H,1,6-9,14-16H2,2-4H3. The normalized spacial score (nSPS) is 19.0. The van der Waals surface area contributed by atoms with E-state index in [9.17, 15) is 4.79 Å². The minimum absolute atomic E-state index is 0.168. The molecule has 6 nitrogen and oxygen atoms in total. The molecule has 1 amide bonds. The lowest BCUT2D eigenvalue weighted by atomic mass is 9.98. The van der Waals surface area contributed by atoms with E-state index in [0.29, 0.717) is 31.0 Å². The van der Waals surface area contributed by atoms with Gasteiger partial charge in [-0.25, -0.2) is 0 Å². The molecule has 2 unspecified atom stereocenters. The van der Waals surface area contributed by atoms with Crippen LogP contribution in [-0.4, -0.2) is 43.4 Å². The number of amides is 1. The molecule has 1 aromatic carbocycles. The van der Waals surface area contributed by atoms with Gasteiger partial charge in [-0.05, 0) is 57.2 Å². The minimum Gasteiger partial charge on any atom is -0.486 e. The highest BCUT2D eigenvalue weighted by atomic mass is 32.2. The Balaban J connectivity index is 1.63. The second kappa shape index (κ2) is 10.7. The Labute approximate surface area is 183 Å². The van der Waals surface area contributed by atoms with Gasteiger partial charge in [0.2, 0.25) is 5.91 Å². The van der Waals surface area contributed by atoms with E-state index in [-0.39, 0.29) is 5.91 Å². The number of carbonyl (C=O) groups is 1. The number of rotatable bonds is 9. The van der Waals surface area contributed by atoms with Crippen LogP contribution in [0.1, 0.15) is 51.4 Å². The van der Waals surface area contributed by atoms with Gasteiger partial charge in [0, 0.05) is 18.6 Å². The first kappa shape index (κ1) is 22.4. The first-order valence-electron chi connectivity index (χ1n) is 10.7. The van der Waals surface area contributed by atoms with Gasteiger partial charge < -0.3 is 9.64 Å². The van der Waals surface area contributed by atoms with Crippen molar-refractivity contribution in [2.24, 2.45) is 0 Å². The second-order valence-electron chi connectivity index (χ2n) is 7.80. The zero-order chi connectivity index (χ0) is 21.5. The molecule has 7 heteroatoms. The topological polar surface area (TPSA) is 60.2 Å². The van der Waals surface area contributed by atoms with E-state index in [2.05, 4.69) is 49.7 Å². The molecular formula is C23H32N4O2S. The van der Waals surface area contributed by atoms with Crippen LogP contribution >= 0.6 is 11.8 Å². The van der Waals surface area contributed by atoms with Crippen LogP contribution in [0, 0.1) is 0 Å². The van der Waals surface area contributed by atoms with Crippen LogP contribution in [0.25, 0.3) is 0 Å². The van der Waals surface area contributed by atoms with Crippen LogP contribution in [0.15, 0.2) is 42.1 Å². The lowest BCUT2D eigenvalue weighted by molar-refractivity contribution is -0.134. The van der Waals surface area contributed by atoms with E-state index in [1.54, 1.807) is 0 Å². The van der Waals surface area contributed by atoms with Gasteiger partial charge in [-0.1, -0.05) is 36.9 Å². The molecule has 30 heavy (non-hydrogen) atoms. The molecule has 1 fully saturated rings. The third kappa shape index (κ3) is 5.45. The molecule has 0 N–H and O–H groups in total. The molecule has 1 aromatic heterocycles. The number of allylic oxidation sites excluding steroid dienone is 1. The van der Waals surface area contributed by atoms with Crippen molar-refractivity contribution in [2.75, 3.05) is 5.75 Å². The first-order valence-corrected chi connectivity index (χ1v) is 11.7. The van der Waals surface area contributed by atoms with E-state index in [1.807, 2.05) is 27.7 Å². The maximum Gasteiger partial charge on any atom is 0.233 e. The SMILES string of the molecule is C=CCn1c(COc2ccc(CC)cc2)nnc1SCC(=O)N1C(C)CCCC1C. The van der Waals surface area contributed by atoms with Gasteiger partial charge in [-0.2, -0.15) is 0 Å². The van der Waals surface area contributed by atoms with Crippen LogP contribution in [0.4, 0.5) is 0 Å². The van der Waals surface area contributed by atoms with Gasteiger partial charge in [0.25, 0.3) is 0 Å². The summed E-state index contributed by atoms with van der Waals surface area (Å²) in [5.74, 6) is 2.06. The summed E-state index contributed by atoms with van der Waals surface area (Å²) in [5, 5.41) is 9.33. The number of aryl methyl sites for hydroxylation is 1. The molecular weight excluding hydrogens is 396 g/mol. The van der Waals surface area contributed by atoms with Crippen molar-refractivity contribution in [3.8, 4) is 5.75 Å². The molecule has 0 saturated carbocycles. The fraction of sp³-hybridized carbons (Fsp3) is 0.522. The first-order chi connectivity index (χ1) is 14.5. The zero-order valence-electron chi connectivity index (χ0n) is 18.2. The number of nitrogens with zero attached hydrogens (tertiary/aromatic N) is 4. The zero-order valence-corrected chi connectivity index (χ0v) is 19.0. The lowest BCUT2D eigenvalue weighted by Crippen LogP contribution is -2.48.